The van der Waals surface area contributed by atoms with Crippen LogP contribution in [-0.2, 0) is 23.2 Å². The van der Waals surface area contributed by atoms with Gasteiger partial charge in [0.15, 0.2) is 0 Å². The highest BCUT2D eigenvalue weighted by atomic mass is 32.2. The highest BCUT2D eigenvalue weighted by Gasteiger charge is 2.19. The Bertz CT molecular complexity index is 1430. The van der Waals surface area contributed by atoms with Gasteiger partial charge in [-0.15, -0.1) is 0 Å². The lowest BCUT2D eigenvalue weighted by atomic mass is 10.1. The molecule has 0 saturated heterocycles. The zero-order valence-electron chi connectivity index (χ0n) is 19.3. The van der Waals surface area contributed by atoms with E-state index in [1.54, 1.807) is 19.1 Å². The molecule has 0 spiro atoms. The third kappa shape index (κ3) is 4.92. The van der Waals surface area contributed by atoms with Crippen LogP contribution in [0, 0.1) is 11.3 Å². The molecule has 0 fully saturated rings. The fraction of sp³-hybridized carbons (Fsp3) is 0.222. The van der Waals surface area contributed by atoms with Crippen molar-refractivity contribution in [1.82, 2.24) is 4.57 Å². The summed E-state index contributed by atoms with van der Waals surface area (Å²) in [7, 11) is -3.35. The van der Waals surface area contributed by atoms with E-state index in [2.05, 4.69) is 22.3 Å². The zero-order valence-corrected chi connectivity index (χ0v) is 20.1. The molecule has 6 nitrogen and oxygen atoms in total. The lowest BCUT2D eigenvalue weighted by Crippen LogP contribution is -2.14. The molecule has 0 aliphatic rings. The van der Waals surface area contributed by atoms with Crippen molar-refractivity contribution in [2.75, 3.05) is 10.5 Å². The van der Waals surface area contributed by atoms with Crippen molar-refractivity contribution in [1.29, 1.82) is 5.26 Å². The van der Waals surface area contributed by atoms with Crippen molar-refractivity contribution in [3.63, 3.8) is 0 Å². The zero-order chi connectivity index (χ0) is 24.1. The first kappa shape index (κ1) is 23.4. The summed E-state index contributed by atoms with van der Waals surface area (Å²) in [6.07, 6.45) is 0.905. The van der Waals surface area contributed by atoms with Crippen molar-refractivity contribution < 1.29 is 13.2 Å². The molecule has 34 heavy (non-hydrogen) atoms. The number of benzene rings is 3. The molecule has 0 amide bonds. The van der Waals surface area contributed by atoms with Gasteiger partial charge in [0.1, 0.15) is 18.4 Å². The van der Waals surface area contributed by atoms with Crippen LogP contribution in [0.3, 0.4) is 0 Å². The molecule has 7 heteroatoms. The molecule has 4 rings (SSSR count). The standard InChI is InChI=1S/C27H27N3O3S/c1-3-16-30-26-15-14-23(33-19-20-8-6-5-7-9-20)17-24(26)25(18-28)27(30)21-10-12-22(13-11-21)29-34(31,32)4-2/h5-15,17,29H,3-4,16,19H2,1-2H3. The van der Waals surface area contributed by atoms with Crippen LogP contribution in [0.25, 0.3) is 22.2 Å². The molecule has 0 aliphatic carbocycles. The molecular weight excluding hydrogens is 446 g/mol. The van der Waals surface area contributed by atoms with Gasteiger partial charge in [0, 0.05) is 17.6 Å². The van der Waals surface area contributed by atoms with Gasteiger partial charge in [-0.1, -0.05) is 49.4 Å². The van der Waals surface area contributed by atoms with Crippen LogP contribution in [0.5, 0.6) is 5.75 Å². The van der Waals surface area contributed by atoms with E-state index in [9.17, 15) is 13.7 Å². The van der Waals surface area contributed by atoms with E-state index < -0.39 is 10.0 Å². The minimum Gasteiger partial charge on any atom is -0.489 e. The van der Waals surface area contributed by atoms with Crippen molar-refractivity contribution in [3.8, 4) is 23.1 Å². The van der Waals surface area contributed by atoms with Gasteiger partial charge in [-0.25, -0.2) is 8.42 Å². The van der Waals surface area contributed by atoms with Crippen LogP contribution in [0.2, 0.25) is 0 Å². The maximum atomic E-state index is 11.9. The average molecular weight is 474 g/mol. The maximum Gasteiger partial charge on any atom is 0.232 e. The molecule has 1 N–H and O–H groups in total. The van der Waals surface area contributed by atoms with Crippen LogP contribution in [0.15, 0.2) is 72.8 Å². The summed E-state index contributed by atoms with van der Waals surface area (Å²) in [5.74, 6) is 0.713. The number of nitrogens with one attached hydrogen (secondary N) is 1. The molecule has 0 atom stereocenters. The van der Waals surface area contributed by atoms with Gasteiger partial charge in [0.05, 0.1) is 22.5 Å². The molecular formula is C27H27N3O3S. The number of ether oxygens (including phenoxy) is 1. The number of sulfonamides is 1. The molecule has 3 aromatic carbocycles. The summed E-state index contributed by atoms with van der Waals surface area (Å²) in [5.41, 5.74) is 4.80. The van der Waals surface area contributed by atoms with E-state index in [0.29, 0.717) is 23.6 Å². The highest BCUT2D eigenvalue weighted by Crippen LogP contribution is 2.36. The van der Waals surface area contributed by atoms with Crippen LogP contribution in [-0.4, -0.2) is 18.7 Å². The van der Waals surface area contributed by atoms with E-state index in [4.69, 9.17) is 4.74 Å². The van der Waals surface area contributed by atoms with Crippen molar-refractivity contribution in [3.05, 3.63) is 83.9 Å². The average Bonchev–Trinajstić information content (AvgIpc) is 3.16. The first-order valence-electron chi connectivity index (χ1n) is 11.3. The lowest BCUT2D eigenvalue weighted by Gasteiger charge is -2.12. The fourth-order valence-electron chi connectivity index (χ4n) is 3.98. The van der Waals surface area contributed by atoms with Crippen molar-refractivity contribution in [2.45, 2.75) is 33.4 Å². The highest BCUT2D eigenvalue weighted by molar-refractivity contribution is 7.92. The summed E-state index contributed by atoms with van der Waals surface area (Å²) in [5, 5.41) is 10.9. The predicted molar refractivity (Wildman–Crippen MR) is 136 cm³/mol. The summed E-state index contributed by atoms with van der Waals surface area (Å²) in [6, 6.07) is 25.4. The second-order valence-electron chi connectivity index (χ2n) is 8.02. The van der Waals surface area contributed by atoms with Gasteiger partial charge >= 0.3 is 0 Å². The molecule has 0 radical (unpaired) electrons. The number of anilines is 1. The van der Waals surface area contributed by atoms with Gasteiger partial charge in [0.25, 0.3) is 0 Å². The van der Waals surface area contributed by atoms with Crippen molar-refractivity contribution >= 4 is 26.6 Å². The third-order valence-electron chi connectivity index (χ3n) is 5.65. The molecule has 0 saturated carbocycles. The van der Waals surface area contributed by atoms with Gasteiger partial charge in [-0.2, -0.15) is 5.26 Å². The Morgan fingerprint density at radius 3 is 2.38 bits per heavy atom. The Kier molecular flexibility index (Phi) is 6.90. The SMILES string of the molecule is CCCn1c(-c2ccc(NS(=O)(=O)CC)cc2)c(C#N)c2cc(OCc3ccccc3)ccc21. The third-order valence-corrected chi connectivity index (χ3v) is 6.96. The monoisotopic (exact) mass is 473 g/mol. The Balaban J connectivity index is 1.73. The van der Waals surface area contributed by atoms with Crippen molar-refractivity contribution in [2.24, 2.45) is 0 Å². The van der Waals surface area contributed by atoms with Gasteiger partial charge in [-0.3, -0.25) is 4.72 Å². The van der Waals surface area contributed by atoms with Gasteiger partial charge < -0.3 is 9.30 Å². The first-order valence-corrected chi connectivity index (χ1v) is 12.9. The number of nitrogens with zero attached hydrogens (tertiary/aromatic N) is 2. The number of rotatable bonds is 9. The second-order valence-corrected chi connectivity index (χ2v) is 10.0. The van der Waals surface area contributed by atoms with E-state index in [0.717, 1.165) is 40.7 Å². The summed E-state index contributed by atoms with van der Waals surface area (Å²) in [6.45, 7) is 4.90. The number of hydrogen-bond donors (Lipinski definition) is 1. The Hall–Kier alpha value is -3.76. The Morgan fingerprint density at radius 2 is 1.74 bits per heavy atom. The number of hydrogen-bond acceptors (Lipinski definition) is 4. The normalized spacial score (nSPS) is 11.3. The maximum absolute atomic E-state index is 11.9. The smallest absolute Gasteiger partial charge is 0.232 e. The van der Waals surface area contributed by atoms with Crippen LogP contribution in [0.4, 0.5) is 5.69 Å². The summed E-state index contributed by atoms with van der Waals surface area (Å²) < 4.78 is 34.5. The molecule has 1 aromatic heterocycles. The first-order chi connectivity index (χ1) is 16.5. The largest absolute Gasteiger partial charge is 0.489 e. The molecule has 0 bridgehead atoms. The molecule has 174 valence electrons. The van der Waals surface area contributed by atoms with Gasteiger partial charge in [-0.05, 0) is 54.8 Å². The fourth-order valence-corrected chi connectivity index (χ4v) is 4.62. The lowest BCUT2D eigenvalue weighted by molar-refractivity contribution is 0.306. The van der Waals surface area contributed by atoms with Crippen LogP contribution in [0.1, 0.15) is 31.4 Å². The Morgan fingerprint density at radius 1 is 1.00 bits per heavy atom. The number of nitriles is 1. The van der Waals surface area contributed by atoms with Crippen LogP contribution >= 0.6 is 0 Å². The second kappa shape index (κ2) is 10.0. The number of aryl methyl sites for hydroxylation is 1. The molecule has 0 aliphatic heterocycles. The van der Waals surface area contributed by atoms with Crippen LogP contribution < -0.4 is 9.46 Å². The Labute approximate surface area is 200 Å². The number of aromatic nitrogens is 1. The molecule has 1 heterocycles. The quantitative estimate of drug-likeness (QED) is 0.326. The summed E-state index contributed by atoms with van der Waals surface area (Å²) in [4.78, 5) is 0. The predicted octanol–water partition coefficient (Wildman–Crippen LogP) is 5.93. The van der Waals surface area contributed by atoms with E-state index in [1.165, 1.54) is 0 Å². The van der Waals surface area contributed by atoms with E-state index >= 15 is 0 Å². The summed E-state index contributed by atoms with van der Waals surface area (Å²) >= 11 is 0. The molecule has 4 aromatic rings. The minimum absolute atomic E-state index is 0.00670. The van der Waals surface area contributed by atoms with E-state index in [-0.39, 0.29) is 5.75 Å². The number of fused-ring (bicyclic) bond motifs is 1. The molecule has 0 unspecified atom stereocenters. The van der Waals surface area contributed by atoms with Gasteiger partial charge in [0.2, 0.25) is 10.0 Å². The minimum atomic E-state index is -3.35. The topological polar surface area (TPSA) is 84.1 Å². The van der Waals surface area contributed by atoms with E-state index in [1.807, 2.05) is 60.7 Å².